The smallest absolute Gasteiger partial charge is 0.119 e. The minimum Gasteiger partial charge on any atom is -0.320 e. The molecule has 0 fully saturated rings. The Morgan fingerprint density at radius 2 is 2.00 bits per heavy atom. The van der Waals surface area contributed by atoms with Gasteiger partial charge in [0.15, 0.2) is 0 Å². The van der Waals surface area contributed by atoms with Gasteiger partial charge in [-0.2, -0.15) is 0 Å². The van der Waals surface area contributed by atoms with Gasteiger partial charge in [-0.15, -0.1) is 10.2 Å². The van der Waals surface area contributed by atoms with Crippen molar-refractivity contribution in [1.82, 2.24) is 20.1 Å². The van der Waals surface area contributed by atoms with E-state index in [4.69, 9.17) is 0 Å². The normalized spacial score (nSPS) is 13.0. The molecule has 4 heteroatoms. The second kappa shape index (κ2) is 6.54. The molecule has 0 aromatic carbocycles. The first-order valence-electron chi connectivity index (χ1n) is 5.38. The van der Waals surface area contributed by atoms with Crippen LogP contribution in [0.2, 0.25) is 0 Å². The number of hydrogen-bond acceptors (Lipinski definition) is 3. The van der Waals surface area contributed by atoms with E-state index >= 15 is 0 Å². The first-order chi connectivity index (χ1) is 6.83. The second-order valence-electron chi connectivity index (χ2n) is 3.67. The summed E-state index contributed by atoms with van der Waals surface area (Å²) in [5.41, 5.74) is 0. The zero-order chi connectivity index (χ0) is 10.2. The Labute approximate surface area is 85.7 Å². The molecule has 1 rings (SSSR count). The highest BCUT2D eigenvalue weighted by Gasteiger charge is 1.96. The van der Waals surface area contributed by atoms with E-state index < -0.39 is 0 Å². The molecular formula is C10H20N4. The summed E-state index contributed by atoms with van der Waals surface area (Å²) < 4.78 is 2.02. The molecule has 0 spiro atoms. The molecule has 1 N–H and O–H groups in total. The molecule has 1 aromatic rings. The maximum atomic E-state index is 3.76. The fourth-order valence-electron chi connectivity index (χ4n) is 1.25. The van der Waals surface area contributed by atoms with E-state index in [2.05, 4.69) is 29.4 Å². The zero-order valence-corrected chi connectivity index (χ0v) is 9.11. The first kappa shape index (κ1) is 11.2. The monoisotopic (exact) mass is 196 g/mol. The quantitative estimate of drug-likeness (QED) is 0.671. The van der Waals surface area contributed by atoms with Crippen LogP contribution in [0.4, 0.5) is 0 Å². The molecule has 14 heavy (non-hydrogen) atoms. The van der Waals surface area contributed by atoms with E-state index in [9.17, 15) is 0 Å². The summed E-state index contributed by atoms with van der Waals surface area (Å²) in [7, 11) is 0. The van der Waals surface area contributed by atoms with Gasteiger partial charge < -0.3 is 9.88 Å². The predicted octanol–water partition coefficient (Wildman–Crippen LogP) is 1.45. The SMILES string of the molecule is CCC(C)NCCCCn1cnnc1. The van der Waals surface area contributed by atoms with Crippen LogP contribution in [0.1, 0.15) is 33.1 Å². The van der Waals surface area contributed by atoms with Gasteiger partial charge in [0.2, 0.25) is 0 Å². The third kappa shape index (κ3) is 4.37. The fourth-order valence-corrected chi connectivity index (χ4v) is 1.25. The number of nitrogens with zero attached hydrogens (tertiary/aromatic N) is 3. The van der Waals surface area contributed by atoms with Crippen molar-refractivity contribution in [3.8, 4) is 0 Å². The van der Waals surface area contributed by atoms with Gasteiger partial charge in [-0.25, -0.2) is 0 Å². The van der Waals surface area contributed by atoms with Crippen molar-refractivity contribution in [2.45, 2.75) is 45.7 Å². The number of hydrogen-bond donors (Lipinski definition) is 1. The topological polar surface area (TPSA) is 42.7 Å². The lowest BCUT2D eigenvalue weighted by Crippen LogP contribution is -2.26. The van der Waals surface area contributed by atoms with E-state index in [-0.39, 0.29) is 0 Å². The lowest BCUT2D eigenvalue weighted by atomic mass is 10.2. The highest BCUT2D eigenvalue weighted by Crippen LogP contribution is 1.94. The summed E-state index contributed by atoms with van der Waals surface area (Å²) in [6.07, 6.45) is 7.12. The summed E-state index contributed by atoms with van der Waals surface area (Å²) in [6.45, 7) is 6.56. The Morgan fingerprint density at radius 1 is 1.29 bits per heavy atom. The molecule has 1 atom stereocenters. The molecule has 0 bridgehead atoms. The second-order valence-corrected chi connectivity index (χ2v) is 3.67. The Morgan fingerprint density at radius 3 is 2.64 bits per heavy atom. The molecule has 1 aromatic heterocycles. The maximum Gasteiger partial charge on any atom is 0.119 e. The number of unbranched alkanes of at least 4 members (excludes halogenated alkanes) is 1. The van der Waals surface area contributed by atoms with Crippen molar-refractivity contribution >= 4 is 0 Å². The standard InChI is InChI=1S/C10H20N4/c1-3-10(2)11-6-4-5-7-14-8-12-13-9-14/h8-11H,3-7H2,1-2H3. The summed E-state index contributed by atoms with van der Waals surface area (Å²) in [5.74, 6) is 0. The summed E-state index contributed by atoms with van der Waals surface area (Å²) in [6, 6.07) is 0.643. The molecule has 4 nitrogen and oxygen atoms in total. The molecule has 0 aliphatic rings. The van der Waals surface area contributed by atoms with Crippen molar-refractivity contribution in [2.24, 2.45) is 0 Å². The van der Waals surface area contributed by atoms with E-state index in [1.54, 1.807) is 12.7 Å². The van der Waals surface area contributed by atoms with Crippen molar-refractivity contribution in [3.05, 3.63) is 12.7 Å². The number of rotatable bonds is 7. The molecule has 0 saturated carbocycles. The maximum absolute atomic E-state index is 3.76. The van der Waals surface area contributed by atoms with Crippen LogP contribution in [0.3, 0.4) is 0 Å². The molecular weight excluding hydrogens is 176 g/mol. The van der Waals surface area contributed by atoms with E-state index in [0.29, 0.717) is 6.04 Å². The lowest BCUT2D eigenvalue weighted by molar-refractivity contribution is 0.501. The van der Waals surface area contributed by atoms with Gasteiger partial charge in [-0.1, -0.05) is 6.92 Å². The van der Waals surface area contributed by atoms with Gasteiger partial charge in [-0.05, 0) is 32.7 Å². The van der Waals surface area contributed by atoms with Gasteiger partial charge in [0.05, 0.1) is 0 Å². The fraction of sp³-hybridized carbons (Fsp3) is 0.800. The van der Waals surface area contributed by atoms with Gasteiger partial charge in [0.25, 0.3) is 0 Å². The summed E-state index contributed by atoms with van der Waals surface area (Å²) in [5, 5.41) is 11.0. The average Bonchev–Trinajstić information content (AvgIpc) is 2.69. The molecule has 0 radical (unpaired) electrons. The number of aromatic nitrogens is 3. The minimum atomic E-state index is 0.643. The molecule has 80 valence electrons. The third-order valence-corrected chi connectivity index (χ3v) is 2.41. The van der Waals surface area contributed by atoms with Crippen LogP contribution in [-0.4, -0.2) is 27.4 Å². The minimum absolute atomic E-state index is 0.643. The van der Waals surface area contributed by atoms with Gasteiger partial charge in [0, 0.05) is 12.6 Å². The molecule has 0 aliphatic heterocycles. The highest BCUT2D eigenvalue weighted by atomic mass is 15.2. The van der Waals surface area contributed by atoms with Crippen molar-refractivity contribution < 1.29 is 0 Å². The van der Waals surface area contributed by atoms with E-state index in [1.807, 2.05) is 4.57 Å². The highest BCUT2D eigenvalue weighted by molar-refractivity contribution is 4.61. The zero-order valence-electron chi connectivity index (χ0n) is 9.11. The van der Waals surface area contributed by atoms with Gasteiger partial charge >= 0.3 is 0 Å². The van der Waals surface area contributed by atoms with Crippen LogP contribution in [0, 0.1) is 0 Å². The Hall–Kier alpha value is -0.900. The van der Waals surface area contributed by atoms with Gasteiger partial charge in [-0.3, -0.25) is 0 Å². The summed E-state index contributed by atoms with van der Waals surface area (Å²) in [4.78, 5) is 0. The van der Waals surface area contributed by atoms with E-state index in [0.717, 1.165) is 13.1 Å². The molecule has 1 unspecified atom stereocenters. The molecule has 1 heterocycles. The Kier molecular flexibility index (Phi) is 5.22. The van der Waals surface area contributed by atoms with Crippen molar-refractivity contribution in [1.29, 1.82) is 0 Å². The van der Waals surface area contributed by atoms with Crippen molar-refractivity contribution in [3.63, 3.8) is 0 Å². The largest absolute Gasteiger partial charge is 0.320 e. The number of aryl methyl sites for hydroxylation is 1. The first-order valence-corrected chi connectivity index (χ1v) is 5.38. The number of nitrogens with one attached hydrogen (secondary N) is 1. The summed E-state index contributed by atoms with van der Waals surface area (Å²) >= 11 is 0. The van der Waals surface area contributed by atoms with Gasteiger partial charge in [0.1, 0.15) is 12.7 Å². The van der Waals surface area contributed by atoms with Crippen LogP contribution in [-0.2, 0) is 6.54 Å². The van der Waals surface area contributed by atoms with Crippen molar-refractivity contribution in [2.75, 3.05) is 6.54 Å². The van der Waals surface area contributed by atoms with Crippen LogP contribution < -0.4 is 5.32 Å². The predicted molar refractivity (Wildman–Crippen MR) is 57.0 cm³/mol. The van der Waals surface area contributed by atoms with E-state index in [1.165, 1.54) is 19.3 Å². The molecule has 0 saturated heterocycles. The van der Waals surface area contributed by atoms with Crippen LogP contribution in [0.15, 0.2) is 12.7 Å². The molecule has 0 amide bonds. The Balaban J connectivity index is 1.95. The van der Waals surface area contributed by atoms with Crippen LogP contribution in [0.25, 0.3) is 0 Å². The Bertz CT molecular complexity index is 220. The van der Waals surface area contributed by atoms with Crippen LogP contribution >= 0.6 is 0 Å². The third-order valence-electron chi connectivity index (χ3n) is 2.41. The average molecular weight is 196 g/mol. The van der Waals surface area contributed by atoms with Crippen LogP contribution in [0.5, 0.6) is 0 Å². The molecule has 0 aliphatic carbocycles. The lowest BCUT2D eigenvalue weighted by Gasteiger charge is -2.10.